The van der Waals surface area contributed by atoms with Crippen LogP contribution < -0.4 is 0 Å². The van der Waals surface area contributed by atoms with Crippen LogP contribution in [0.2, 0.25) is 5.02 Å². The van der Waals surface area contributed by atoms with E-state index in [0.717, 1.165) is 22.3 Å². The highest BCUT2D eigenvalue weighted by Crippen LogP contribution is 2.34. The number of rotatable bonds is 5. The smallest absolute Gasteiger partial charge is 0.115 e. The first kappa shape index (κ1) is 22.7. The Kier molecular flexibility index (Phi) is 6.81. The average molecular weight is 457 g/mol. The summed E-state index contributed by atoms with van der Waals surface area (Å²) in [4.78, 5) is 0. The summed E-state index contributed by atoms with van der Waals surface area (Å²) >= 11 is 6.41. The molecule has 1 fully saturated rings. The molecule has 3 aromatic carbocycles. The van der Waals surface area contributed by atoms with Gasteiger partial charge in [0.1, 0.15) is 36.3 Å². The van der Waals surface area contributed by atoms with Crippen molar-refractivity contribution in [3.8, 4) is 16.9 Å². The van der Waals surface area contributed by atoms with Crippen LogP contribution in [-0.4, -0.2) is 56.6 Å². The van der Waals surface area contributed by atoms with Crippen LogP contribution in [0.3, 0.4) is 0 Å². The lowest BCUT2D eigenvalue weighted by Crippen LogP contribution is -2.55. The number of ether oxygens (including phenoxy) is 1. The monoisotopic (exact) mass is 456 g/mol. The number of phenolic OH excluding ortho intramolecular Hbond substituents is 1. The second-order valence-electron chi connectivity index (χ2n) is 8.02. The second-order valence-corrected chi connectivity index (χ2v) is 8.43. The molecule has 168 valence electrons. The van der Waals surface area contributed by atoms with Gasteiger partial charge in [-0.2, -0.15) is 0 Å². The molecule has 0 radical (unpaired) electrons. The number of aliphatic hydroxyl groups excluding tert-OH is 4. The first-order chi connectivity index (χ1) is 15.4. The van der Waals surface area contributed by atoms with Gasteiger partial charge in [-0.15, -0.1) is 0 Å². The van der Waals surface area contributed by atoms with Crippen molar-refractivity contribution in [3.05, 3.63) is 88.4 Å². The van der Waals surface area contributed by atoms with Crippen molar-refractivity contribution >= 4 is 11.6 Å². The normalized spacial score (nSPS) is 25.6. The zero-order chi connectivity index (χ0) is 22.8. The third-order valence-corrected chi connectivity index (χ3v) is 6.21. The van der Waals surface area contributed by atoms with E-state index in [-0.39, 0.29) is 5.75 Å². The van der Waals surface area contributed by atoms with Crippen molar-refractivity contribution < 1.29 is 30.3 Å². The van der Waals surface area contributed by atoms with Crippen LogP contribution in [0.15, 0.2) is 66.7 Å². The summed E-state index contributed by atoms with van der Waals surface area (Å²) in [5.74, 6) is 0.222. The van der Waals surface area contributed by atoms with Crippen LogP contribution in [0.4, 0.5) is 0 Å². The zero-order valence-corrected chi connectivity index (χ0v) is 17.9. The number of aliphatic hydroxyl groups is 4. The molecule has 5 N–H and O–H groups in total. The highest BCUT2D eigenvalue weighted by Gasteiger charge is 2.44. The first-order valence-corrected chi connectivity index (χ1v) is 10.7. The fraction of sp³-hybridized carbons (Fsp3) is 0.280. The number of hydrogen-bond acceptors (Lipinski definition) is 6. The lowest BCUT2D eigenvalue weighted by atomic mass is 9.90. The number of hydrogen-bond donors (Lipinski definition) is 5. The Hall–Kier alpha value is -2.45. The Balaban J connectivity index is 1.55. The summed E-state index contributed by atoms with van der Waals surface area (Å²) in [6, 6.07) is 20.2. The largest absolute Gasteiger partial charge is 0.508 e. The minimum Gasteiger partial charge on any atom is -0.508 e. The van der Waals surface area contributed by atoms with E-state index in [2.05, 4.69) is 0 Å². The molecule has 1 aliphatic rings. The molecule has 0 saturated carbocycles. The van der Waals surface area contributed by atoms with Gasteiger partial charge in [0, 0.05) is 5.02 Å². The van der Waals surface area contributed by atoms with Gasteiger partial charge >= 0.3 is 0 Å². The molecule has 5 atom stereocenters. The molecular formula is C25H25ClO6. The van der Waals surface area contributed by atoms with Gasteiger partial charge in [-0.3, -0.25) is 0 Å². The number of benzene rings is 3. The van der Waals surface area contributed by atoms with Crippen LogP contribution in [0, 0.1) is 0 Å². The van der Waals surface area contributed by atoms with E-state index in [9.17, 15) is 25.5 Å². The maximum Gasteiger partial charge on any atom is 0.115 e. The minimum atomic E-state index is -1.43. The van der Waals surface area contributed by atoms with Gasteiger partial charge in [0.15, 0.2) is 0 Å². The third kappa shape index (κ3) is 4.66. The Labute approximate surface area is 190 Å². The molecule has 0 amide bonds. The topological polar surface area (TPSA) is 110 Å². The SMILES string of the molecule is OCC1OC(c2ccc(Cl)c(Cc3ccc(-c4ccc(O)cc4)cc3)c2)C(O)C(O)C1O. The first-order valence-electron chi connectivity index (χ1n) is 10.3. The fourth-order valence-electron chi connectivity index (χ4n) is 3.97. The molecule has 1 aliphatic heterocycles. The van der Waals surface area contributed by atoms with E-state index >= 15 is 0 Å². The molecule has 32 heavy (non-hydrogen) atoms. The standard InChI is InChI=1S/C25H25ClO6/c26-20-10-7-17(25-24(31)23(30)22(29)21(13-27)32-25)12-18(20)11-14-1-3-15(4-2-14)16-5-8-19(28)9-6-16/h1-10,12,21-25,27-31H,11,13H2. The van der Waals surface area contributed by atoms with Crippen molar-refractivity contribution in [3.63, 3.8) is 0 Å². The van der Waals surface area contributed by atoms with Gasteiger partial charge in [0.25, 0.3) is 0 Å². The van der Waals surface area contributed by atoms with E-state index in [1.165, 1.54) is 0 Å². The van der Waals surface area contributed by atoms with Crippen molar-refractivity contribution in [2.45, 2.75) is 36.9 Å². The van der Waals surface area contributed by atoms with Crippen molar-refractivity contribution in [1.29, 1.82) is 0 Å². The molecule has 6 nitrogen and oxygen atoms in total. The molecule has 1 heterocycles. The molecule has 0 aromatic heterocycles. The predicted octanol–water partition coefficient (Wildman–Crippen LogP) is 2.82. The summed E-state index contributed by atoms with van der Waals surface area (Å²) in [6.07, 6.45) is -5.50. The van der Waals surface area contributed by atoms with E-state index in [4.69, 9.17) is 16.3 Å². The van der Waals surface area contributed by atoms with Crippen LogP contribution in [0.1, 0.15) is 22.8 Å². The van der Waals surface area contributed by atoms with Gasteiger partial charge in [-0.1, -0.05) is 60.1 Å². The minimum absolute atomic E-state index is 0.222. The molecule has 5 unspecified atom stereocenters. The Morgan fingerprint density at radius 2 is 1.41 bits per heavy atom. The fourth-order valence-corrected chi connectivity index (χ4v) is 4.16. The van der Waals surface area contributed by atoms with Crippen LogP contribution in [0.5, 0.6) is 5.75 Å². The Morgan fingerprint density at radius 3 is 2.03 bits per heavy atom. The van der Waals surface area contributed by atoms with E-state index in [1.54, 1.807) is 24.3 Å². The van der Waals surface area contributed by atoms with Crippen LogP contribution in [0.25, 0.3) is 11.1 Å². The molecule has 7 heteroatoms. The van der Waals surface area contributed by atoms with E-state index in [0.29, 0.717) is 17.0 Å². The molecule has 0 spiro atoms. The Morgan fingerprint density at radius 1 is 0.781 bits per heavy atom. The van der Waals surface area contributed by atoms with Crippen molar-refractivity contribution in [2.75, 3.05) is 6.61 Å². The maximum atomic E-state index is 10.4. The highest BCUT2D eigenvalue weighted by atomic mass is 35.5. The summed E-state index contributed by atoms with van der Waals surface area (Å²) in [5, 5.41) is 50.0. The summed E-state index contributed by atoms with van der Waals surface area (Å²) in [6.45, 7) is -0.477. The number of halogens is 1. The Bertz CT molecular complexity index is 1050. The molecule has 1 saturated heterocycles. The summed E-state index contributed by atoms with van der Waals surface area (Å²) < 4.78 is 5.66. The molecule has 3 aromatic rings. The third-order valence-electron chi connectivity index (χ3n) is 5.84. The van der Waals surface area contributed by atoms with Crippen LogP contribution >= 0.6 is 11.6 Å². The maximum absolute atomic E-state index is 10.4. The summed E-state index contributed by atoms with van der Waals surface area (Å²) in [5.41, 5.74) is 4.47. The highest BCUT2D eigenvalue weighted by molar-refractivity contribution is 6.31. The zero-order valence-electron chi connectivity index (χ0n) is 17.2. The van der Waals surface area contributed by atoms with Gasteiger partial charge < -0.3 is 30.3 Å². The lowest BCUT2D eigenvalue weighted by Gasteiger charge is -2.40. The number of aromatic hydroxyl groups is 1. The molecular weight excluding hydrogens is 432 g/mol. The van der Waals surface area contributed by atoms with E-state index in [1.807, 2.05) is 42.5 Å². The quantitative estimate of drug-likeness (QED) is 0.404. The van der Waals surface area contributed by atoms with Crippen molar-refractivity contribution in [2.24, 2.45) is 0 Å². The summed E-state index contributed by atoms with van der Waals surface area (Å²) in [7, 11) is 0. The number of phenols is 1. The average Bonchev–Trinajstić information content (AvgIpc) is 2.80. The van der Waals surface area contributed by atoms with Gasteiger partial charge in [-0.25, -0.2) is 0 Å². The van der Waals surface area contributed by atoms with Crippen LogP contribution in [-0.2, 0) is 11.2 Å². The van der Waals surface area contributed by atoms with E-state index < -0.39 is 37.1 Å². The second kappa shape index (κ2) is 9.58. The molecule has 4 rings (SSSR count). The lowest BCUT2D eigenvalue weighted by molar-refractivity contribution is -0.231. The van der Waals surface area contributed by atoms with Gasteiger partial charge in [0.2, 0.25) is 0 Å². The van der Waals surface area contributed by atoms with Gasteiger partial charge in [0.05, 0.1) is 6.61 Å². The van der Waals surface area contributed by atoms with Gasteiger partial charge in [-0.05, 0) is 52.4 Å². The predicted molar refractivity (Wildman–Crippen MR) is 121 cm³/mol. The van der Waals surface area contributed by atoms with Crippen molar-refractivity contribution in [1.82, 2.24) is 0 Å². The molecule has 0 bridgehead atoms. The molecule has 0 aliphatic carbocycles.